The molecule has 21 heavy (non-hydrogen) atoms. The number of aromatic nitrogens is 2. The second-order valence-electron chi connectivity index (χ2n) is 4.22. The molecule has 0 spiro atoms. The lowest BCUT2D eigenvalue weighted by atomic mass is 10.2. The Bertz CT molecular complexity index is 694. The number of halogens is 1. The molecule has 2 rings (SSSR count). The van der Waals surface area contributed by atoms with E-state index in [4.69, 9.17) is 16.0 Å². The van der Waals surface area contributed by atoms with Crippen molar-refractivity contribution in [1.29, 1.82) is 0 Å². The van der Waals surface area contributed by atoms with E-state index >= 15 is 0 Å². The van der Waals surface area contributed by atoms with Crippen LogP contribution in [0.4, 0.5) is 5.69 Å². The molecule has 0 bridgehead atoms. The fraction of sp³-hybridized carbons (Fsp3) is 0.250. The fourth-order valence-corrected chi connectivity index (χ4v) is 1.75. The third-order valence-electron chi connectivity index (χ3n) is 2.75. The topological polar surface area (TPSA) is 111 Å². The van der Waals surface area contributed by atoms with E-state index in [0.717, 1.165) is 18.0 Å². The Morgan fingerprint density at radius 2 is 2.24 bits per heavy atom. The molecular weight excluding hydrogens is 300 g/mol. The number of nitro groups is 1. The van der Waals surface area contributed by atoms with Gasteiger partial charge in [0.15, 0.2) is 0 Å². The first-order chi connectivity index (χ1) is 9.88. The van der Waals surface area contributed by atoms with Crippen molar-refractivity contribution in [2.75, 3.05) is 0 Å². The Labute approximate surface area is 124 Å². The molecule has 0 saturated heterocycles. The van der Waals surface area contributed by atoms with Crippen LogP contribution in [0, 0.1) is 24.0 Å². The van der Waals surface area contributed by atoms with E-state index in [-0.39, 0.29) is 22.9 Å². The summed E-state index contributed by atoms with van der Waals surface area (Å²) in [6, 6.07) is 1.07. The van der Waals surface area contributed by atoms with Crippen molar-refractivity contribution < 1.29 is 14.1 Å². The summed E-state index contributed by atoms with van der Waals surface area (Å²) in [5.41, 5.74) is 0.340. The molecule has 0 saturated carbocycles. The Balaban J connectivity index is 2.13. The number of pyridine rings is 1. The van der Waals surface area contributed by atoms with Gasteiger partial charge in [-0.05, 0) is 13.8 Å². The molecule has 2 heterocycles. The molecule has 0 aliphatic rings. The Morgan fingerprint density at radius 3 is 2.81 bits per heavy atom. The van der Waals surface area contributed by atoms with E-state index in [1.807, 2.05) is 0 Å². The number of nitrogens with zero attached hydrogens (tertiary/aromatic N) is 3. The van der Waals surface area contributed by atoms with Gasteiger partial charge in [0.05, 0.1) is 22.7 Å². The summed E-state index contributed by atoms with van der Waals surface area (Å²) in [7, 11) is 0. The van der Waals surface area contributed by atoms with Crippen molar-refractivity contribution in [2.45, 2.75) is 20.4 Å². The van der Waals surface area contributed by atoms with Crippen molar-refractivity contribution >= 4 is 23.2 Å². The Hall–Kier alpha value is -2.48. The third kappa shape index (κ3) is 3.34. The number of carbonyl (C=O) groups excluding carboxylic acids is 1. The minimum absolute atomic E-state index is 0.0481. The minimum atomic E-state index is -0.652. The van der Waals surface area contributed by atoms with Crippen molar-refractivity contribution in [3.63, 3.8) is 0 Å². The van der Waals surface area contributed by atoms with Crippen LogP contribution in [-0.4, -0.2) is 20.8 Å². The average Bonchev–Trinajstić information content (AvgIpc) is 2.75. The molecule has 0 aliphatic carbocycles. The van der Waals surface area contributed by atoms with E-state index in [9.17, 15) is 14.9 Å². The number of amides is 1. The molecule has 1 amide bonds. The molecule has 1 N–H and O–H groups in total. The van der Waals surface area contributed by atoms with Crippen molar-refractivity contribution in [3.8, 4) is 0 Å². The SMILES string of the molecule is Cc1nc(CNC(=O)c2cc([N+](=O)[O-])cnc2Cl)oc1C. The van der Waals surface area contributed by atoms with Gasteiger partial charge in [-0.3, -0.25) is 14.9 Å². The molecule has 0 atom stereocenters. The number of aryl methyl sites for hydroxylation is 2. The van der Waals surface area contributed by atoms with Gasteiger partial charge in [-0.25, -0.2) is 9.97 Å². The van der Waals surface area contributed by atoms with Gasteiger partial charge in [0.1, 0.15) is 17.1 Å². The van der Waals surface area contributed by atoms with E-state index in [1.54, 1.807) is 13.8 Å². The van der Waals surface area contributed by atoms with Crippen LogP contribution in [0.3, 0.4) is 0 Å². The van der Waals surface area contributed by atoms with Crippen LogP contribution >= 0.6 is 11.6 Å². The zero-order chi connectivity index (χ0) is 15.6. The summed E-state index contributed by atoms with van der Waals surface area (Å²) in [5.74, 6) is 0.409. The molecule has 110 valence electrons. The van der Waals surface area contributed by atoms with Crippen molar-refractivity contribution in [3.05, 3.63) is 50.4 Å². The summed E-state index contributed by atoms with van der Waals surface area (Å²) in [5, 5.41) is 13.1. The number of rotatable bonds is 4. The Morgan fingerprint density at radius 1 is 1.52 bits per heavy atom. The number of nitrogens with one attached hydrogen (secondary N) is 1. The first-order valence-corrected chi connectivity index (χ1v) is 6.27. The highest BCUT2D eigenvalue weighted by molar-refractivity contribution is 6.32. The molecule has 2 aromatic rings. The van der Waals surface area contributed by atoms with Crippen LogP contribution in [0.15, 0.2) is 16.7 Å². The summed E-state index contributed by atoms with van der Waals surface area (Å²) < 4.78 is 5.31. The summed E-state index contributed by atoms with van der Waals surface area (Å²) >= 11 is 5.77. The van der Waals surface area contributed by atoms with Gasteiger partial charge in [0.25, 0.3) is 11.6 Å². The van der Waals surface area contributed by atoms with Crippen molar-refractivity contribution in [1.82, 2.24) is 15.3 Å². The van der Waals surface area contributed by atoms with Gasteiger partial charge in [-0.2, -0.15) is 0 Å². The fourth-order valence-electron chi connectivity index (χ4n) is 1.56. The number of oxazole rings is 1. The minimum Gasteiger partial charge on any atom is -0.444 e. The standard InChI is InChI=1S/C12H11ClN4O4/c1-6-7(2)21-10(16-6)5-15-12(18)9-3-8(17(19)20)4-14-11(9)13/h3-4H,5H2,1-2H3,(H,15,18). The predicted octanol–water partition coefficient (Wildman–Crippen LogP) is 2.18. The van der Waals surface area contributed by atoms with Crippen LogP contribution in [0.5, 0.6) is 0 Å². The van der Waals surface area contributed by atoms with E-state index in [0.29, 0.717) is 11.7 Å². The molecule has 9 heteroatoms. The van der Waals surface area contributed by atoms with E-state index in [2.05, 4.69) is 15.3 Å². The van der Waals surface area contributed by atoms with E-state index in [1.165, 1.54) is 0 Å². The molecule has 0 unspecified atom stereocenters. The number of hydrogen-bond donors (Lipinski definition) is 1. The number of hydrogen-bond acceptors (Lipinski definition) is 6. The molecule has 8 nitrogen and oxygen atoms in total. The predicted molar refractivity (Wildman–Crippen MR) is 73.0 cm³/mol. The normalized spacial score (nSPS) is 10.4. The summed E-state index contributed by atoms with van der Waals surface area (Å²) in [4.78, 5) is 29.7. The second kappa shape index (κ2) is 5.88. The largest absolute Gasteiger partial charge is 0.444 e. The van der Waals surface area contributed by atoms with Crippen LogP contribution in [0.25, 0.3) is 0 Å². The molecule has 0 fully saturated rings. The van der Waals surface area contributed by atoms with E-state index < -0.39 is 10.8 Å². The van der Waals surface area contributed by atoms with Gasteiger partial charge in [0.2, 0.25) is 5.89 Å². The lowest BCUT2D eigenvalue weighted by Gasteiger charge is -2.04. The van der Waals surface area contributed by atoms with Crippen LogP contribution < -0.4 is 5.32 Å². The average molecular weight is 311 g/mol. The van der Waals surface area contributed by atoms with Crippen molar-refractivity contribution in [2.24, 2.45) is 0 Å². The zero-order valence-electron chi connectivity index (χ0n) is 11.2. The Kier molecular flexibility index (Phi) is 4.18. The van der Waals surface area contributed by atoms with Gasteiger partial charge in [-0.15, -0.1) is 0 Å². The lowest BCUT2D eigenvalue weighted by Crippen LogP contribution is -2.23. The van der Waals surface area contributed by atoms with Crippen LogP contribution in [0.2, 0.25) is 5.15 Å². The molecule has 0 radical (unpaired) electrons. The summed E-state index contributed by atoms with van der Waals surface area (Å²) in [6.07, 6.45) is 0.986. The maximum Gasteiger partial charge on any atom is 0.288 e. The van der Waals surface area contributed by atoms with Gasteiger partial charge in [-0.1, -0.05) is 11.6 Å². The maximum atomic E-state index is 12.0. The molecule has 0 aliphatic heterocycles. The van der Waals surface area contributed by atoms with Gasteiger partial charge < -0.3 is 9.73 Å². The number of carbonyl (C=O) groups is 1. The third-order valence-corrected chi connectivity index (χ3v) is 3.05. The first kappa shape index (κ1) is 14.9. The van der Waals surface area contributed by atoms with Gasteiger partial charge >= 0.3 is 0 Å². The smallest absolute Gasteiger partial charge is 0.288 e. The summed E-state index contributed by atoms with van der Waals surface area (Å²) in [6.45, 7) is 3.59. The first-order valence-electron chi connectivity index (χ1n) is 5.89. The highest BCUT2D eigenvalue weighted by Crippen LogP contribution is 2.19. The highest BCUT2D eigenvalue weighted by Gasteiger charge is 2.17. The highest BCUT2D eigenvalue weighted by atomic mass is 35.5. The monoisotopic (exact) mass is 310 g/mol. The molecule has 2 aromatic heterocycles. The molecular formula is C12H11ClN4O4. The van der Waals surface area contributed by atoms with Gasteiger partial charge in [0, 0.05) is 6.07 Å². The molecule has 0 aromatic carbocycles. The quantitative estimate of drug-likeness (QED) is 0.526. The lowest BCUT2D eigenvalue weighted by molar-refractivity contribution is -0.385. The van der Waals surface area contributed by atoms with Crippen LogP contribution in [-0.2, 0) is 6.54 Å². The maximum absolute atomic E-state index is 12.0. The zero-order valence-corrected chi connectivity index (χ0v) is 12.0. The van der Waals surface area contributed by atoms with Crippen LogP contribution in [0.1, 0.15) is 27.7 Å². The second-order valence-corrected chi connectivity index (χ2v) is 4.58.